The van der Waals surface area contributed by atoms with E-state index in [2.05, 4.69) is 24.0 Å². The molecule has 1 aromatic carbocycles. The Morgan fingerprint density at radius 3 is 2.33 bits per heavy atom. The van der Waals surface area contributed by atoms with Crippen LogP contribution in [0.5, 0.6) is 5.75 Å². The maximum atomic E-state index is 11.8. The van der Waals surface area contributed by atoms with Crippen molar-refractivity contribution in [2.24, 2.45) is 0 Å². The number of carbonyl (C=O) groups is 1. The Kier molecular flexibility index (Phi) is 5.44. The Labute approximate surface area is 127 Å². The highest BCUT2D eigenvalue weighted by Crippen LogP contribution is 2.11. The van der Waals surface area contributed by atoms with E-state index in [-0.39, 0.29) is 6.03 Å². The minimum atomic E-state index is 0.102. The molecule has 1 aromatic rings. The van der Waals surface area contributed by atoms with Crippen molar-refractivity contribution in [3.63, 3.8) is 0 Å². The largest absolute Gasteiger partial charge is 0.492 e. The zero-order valence-electron chi connectivity index (χ0n) is 13.2. The molecule has 21 heavy (non-hydrogen) atoms. The maximum absolute atomic E-state index is 11.8. The summed E-state index contributed by atoms with van der Waals surface area (Å²) in [5.41, 5.74) is 1.24. The maximum Gasteiger partial charge on any atom is 0.319 e. The highest BCUT2D eigenvalue weighted by Gasteiger charge is 2.21. The SMILES string of the molecule is Cc1ccc(OCCN2CCN(C(=O)N(C)C)CC2)cc1. The Morgan fingerprint density at radius 1 is 1.14 bits per heavy atom. The molecule has 1 aliphatic heterocycles. The predicted octanol–water partition coefficient (Wildman–Crippen LogP) is 1.67. The third-order valence-corrected chi connectivity index (χ3v) is 3.72. The molecule has 1 heterocycles. The number of urea groups is 1. The smallest absolute Gasteiger partial charge is 0.319 e. The van der Waals surface area contributed by atoms with Gasteiger partial charge in [-0.15, -0.1) is 0 Å². The monoisotopic (exact) mass is 291 g/mol. The fraction of sp³-hybridized carbons (Fsp3) is 0.562. The topological polar surface area (TPSA) is 36.0 Å². The fourth-order valence-electron chi connectivity index (χ4n) is 2.37. The number of aryl methyl sites for hydroxylation is 1. The second-order valence-electron chi connectivity index (χ2n) is 5.67. The highest BCUT2D eigenvalue weighted by molar-refractivity contribution is 5.73. The minimum Gasteiger partial charge on any atom is -0.492 e. The molecular formula is C16H25N3O2. The van der Waals surface area contributed by atoms with E-state index in [1.54, 1.807) is 19.0 Å². The number of benzene rings is 1. The first-order valence-electron chi connectivity index (χ1n) is 7.44. The van der Waals surface area contributed by atoms with Crippen LogP contribution in [0.1, 0.15) is 5.56 Å². The summed E-state index contributed by atoms with van der Waals surface area (Å²) >= 11 is 0. The first-order valence-corrected chi connectivity index (χ1v) is 7.44. The Balaban J connectivity index is 1.67. The van der Waals surface area contributed by atoms with E-state index in [9.17, 15) is 4.79 Å². The van der Waals surface area contributed by atoms with E-state index in [4.69, 9.17) is 4.74 Å². The summed E-state index contributed by atoms with van der Waals surface area (Å²) in [6, 6.07) is 8.22. The van der Waals surface area contributed by atoms with Gasteiger partial charge in [-0.25, -0.2) is 4.79 Å². The first kappa shape index (κ1) is 15.6. The zero-order chi connectivity index (χ0) is 15.2. The molecule has 1 fully saturated rings. The van der Waals surface area contributed by atoms with E-state index in [1.807, 2.05) is 17.0 Å². The van der Waals surface area contributed by atoms with Crippen LogP contribution < -0.4 is 4.74 Å². The van der Waals surface area contributed by atoms with Gasteiger partial charge in [0.15, 0.2) is 0 Å². The second kappa shape index (κ2) is 7.31. The van der Waals surface area contributed by atoms with Crippen molar-refractivity contribution < 1.29 is 9.53 Å². The van der Waals surface area contributed by atoms with Crippen molar-refractivity contribution >= 4 is 6.03 Å². The van der Waals surface area contributed by atoms with E-state index in [1.165, 1.54) is 5.56 Å². The van der Waals surface area contributed by atoms with Crippen molar-refractivity contribution in [2.75, 3.05) is 53.4 Å². The summed E-state index contributed by atoms with van der Waals surface area (Å²) in [6.45, 7) is 7.07. The molecule has 0 saturated carbocycles. The van der Waals surface area contributed by atoms with Crippen LogP contribution in [0.3, 0.4) is 0 Å². The summed E-state index contributed by atoms with van der Waals surface area (Å²) in [5, 5.41) is 0. The van der Waals surface area contributed by atoms with Crippen LogP contribution in [-0.2, 0) is 0 Å². The number of ether oxygens (including phenoxy) is 1. The second-order valence-corrected chi connectivity index (χ2v) is 5.67. The van der Waals surface area contributed by atoms with Crippen LogP contribution in [0.25, 0.3) is 0 Å². The van der Waals surface area contributed by atoms with Gasteiger partial charge in [-0.05, 0) is 19.1 Å². The molecule has 116 valence electrons. The van der Waals surface area contributed by atoms with Gasteiger partial charge in [-0.1, -0.05) is 17.7 Å². The lowest BCUT2D eigenvalue weighted by molar-refractivity contribution is 0.113. The van der Waals surface area contributed by atoms with Gasteiger partial charge in [0, 0.05) is 46.8 Å². The molecule has 0 spiro atoms. The lowest BCUT2D eigenvalue weighted by atomic mass is 10.2. The van der Waals surface area contributed by atoms with Crippen LogP contribution in [0.4, 0.5) is 4.79 Å². The van der Waals surface area contributed by atoms with Gasteiger partial charge in [0.2, 0.25) is 0 Å². The fourth-order valence-corrected chi connectivity index (χ4v) is 2.37. The van der Waals surface area contributed by atoms with Gasteiger partial charge in [-0.2, -0.15) is 0 Å². The van der Waals surface area contributed by atoms with E-state index < -0.39 is 0 Å². The highest BCUT2D eigenvalue weighted by atomic mass is 16.5. The third kappa shape index (κ3) is 4.63. The molecule has 0 unspecified atom stereocenters. The van der Waals surface area contributed by atoms with Crippen LogP contribution >= 0.6 is 0 Å². The predicted molar refractivity (Wildman–Crippen MR) is 83.8 cm³/mol. The molecule has 0 N–H and O–H groups in total. The molecule has 5 heteroatoms. The molecule has 2 rings (SSSR count). The van der Waals surface area contributed by atoms with Crippen LogP contribution in [-0.4, -0.2) is 74.2 Å². The van der Waals surface area contributed by atoms with Crippen LogP contribution in [0.15, 0.2) is 24.3 Å². The molecule has 0 radical (unpaired) electrons. The lowest BCUT2D eigenvalue weighted by Gasteiger charge is -2.35. The van der Waals surface area contributed by atoms with Gasteiger partial charge in [0.1, 0.15) is 12.4 Å². The average Bonchev–Trinajstić information content (AvgIpc) is 2.49. The van der Waals surface area contributed by atoms with Crippen molar-refractivity contribution in [3.05, 3.63) is 29.8 Å². The molecule has 0 bridgehead atoms. The van der Waals surface area contributed by atoms with E-state index >= 15 is 0 Å². The summed E-state index contributed by atoms with van der Waals surface area (Å²) < 4.78 is 5.75. The average molecular weight is 291 g/mol. The standard InChI is InChI=1S/C16H25N3O2/c1-14-4-6-15(7-5-14)21-13-12-18-8-10-19(11-9-18)16(20)17(2)3/h4-7H,8-13H2,1-3H3. The van der Waals surface area contributed by atoms with Crippen LogP contribution in [0, 0.1) is 6.92 Å². The summed E-state index contributed by atoms with van der Waals surface area (Å²) in [5.74, 6) is 0.919. The third-order valence-electron chi connectivity index (χ3n) is 3.72. The number of rotatable bonds is 4. The van der Waals surface area contributed by atoms with Gasteiger partial charge >= 0.3 is 6.03 Å². The number of carbonyl (C=O) groups excluding carboxylic acids is 1. The molecular weight excluding hydrogens is 266 g/mol. The van der Waals surface area contributed by atoms with Crippen molar-refractivity contribution in [3.8, 4) is 5.75 Å². The summed E-state index contributed by atoms with van der Waals surface area (Å²) in [7, 11) is 3.59. The van der Waals surface area contributed by atoms with Gasteiger partial charge < -0.3 is 14.5 Å². The number of amides is 2. The first-order chi connectivity index (χ1) is 10.1. The number of nitrogens with zero attached hydrogens (tertiary/aromatic N) is 3. The quantitative estimate of drug-likeness (QED) is 0.846. The molecule has 1 saturated heterocycles. The zero-order valence-corrected chi connectivity index (χ0v) is 13.2. The van der Waals surface area contributed by atoms with E-state index in [0.29, 0.717) is 6.61 Å². The van der Waals surface area contributed by atoms with Gasteiger partial charge in [-0.3, -0.25) is 4.90 Å². The number of piperazine rings is 1. The Morgan fingerprint density at radius 2 is 1.76 bits per heavy atom. The van der Waals surface area contributed by atoms with Gasteiger partial charge in [0.05, 0.1) is 0 Å². The minimum absolute atomic E-state index is 0.102. The molecule has 5 nitrogen and oxygen atoms in total. The van der Waals surface area contributed by atoms with E-state index in [0.717, 1.165) is 38.5 Å². The Bertz CT molecular complexity index is 451. The van der Waals surface area contributed by atoms with Crippen molar-refractivity contribution in [2.45, 2.75) is 6.92 Å². The van der Waals surface area contributed by atoms with Crippen molar-refractivity contribution in [1.82, 2.24) is 14.7 Å². The Hall–Kier alpha value is -1.75. The molecule has 0 atom stereocenters. The normalized spacial score (nSPS) is 15.9. The molecule has 0 aromatic heterocycles. The number of hydrogen-bond donors (Lipinski definition) is 0. The van der Waals surface area contributed by atoms with Gasteiger partial charge in [0.25, 0.3) is 0 Å². The summed E-state index contributed by atoms with van der Waals surface area (Å²) in [4.78, 5) is 17.7. The van der Waals surface area contributed by atoms with Crippen LogP contribution in [0.2, 0.25) is 0 Å². The number of hydrogen-bond acceptors (Lipinski definition) is 3. The molecule has 2 amide bonds. The van der Waals surface area contributed by atoms with Crippen molar-refractivity contribution in [1.29, 1.82) is 0 Å². The molecule has 1 aliphatic rings. The molecule has 0 aliphatic carbocycles. The summed E-state index contributed by atoms with van der Waals surface area (Å²) in [6.07, 6.45) is 0. The lowest BCUT2D eigenvalue weighted by Crippen LogP contribution is -2.52.